The van der Waals surface area contributed by atoms with Gasteiger partial charge < -0.3 is 20.7 Å². The topological polar surface area (TPSA) is 92.8 Å². The number of phenolic OH excluding ortho intramolecular Hbond substituents is 2. The first-order valence-electron chi connectivity index (χ1n) is 6.82. The smallest absolute Gasteiger partial charge is 0.322 e. The molecule has 1 rings (SSSR count). The van der Waals surface area contributed by atoms with Crippen LogP contribution >= 0.6 is 0 Å². The molecule has 2 unspecified atom stereocenters. The first kappa shape index (κ1) is 16.3. The summed E-state index contributed by atoms with van der Waals surface area (Å²) in [5.41, 5.74) is 6.72. The number of esters is 1. The van der Waals surface area contributed by atoms with Crippen molar-refractivity contribution in [2.75, 3.05) is 7.11 Å². The number of rotatable bonds is 7. The molecule has 0 radical (unpaired) electrons. The molecule has 0 bridgehead atoms. The highest BCUT2D eigenvalue weighted by atomic mass is 16.5. The molecule has 1 aromatic rings. The lowest BCUT2D eigenvalue weighted by Gasteiger charge is -2.18. The van der Waals surface area contributed by atoms with Gasteiger partial charge in [-0.15, -0.1) is 0 Å². The van der Waals surface area contributed by atoms with E-state index >= 15 is 0 Å². The zero-order valence-electron chi connectivity index (χ0n) is 12.0. The van der Waals surface area contributed by atoms with Crippen molar-refractivity contribution in [1.82, 2.24) is 0 Å². The second kappa shape index (κ2) is 7.75. The Morgan fingerprint density at radius 1 is 1.35 bits per heavy atom. The normalized spacial score (nSPS) is 13.8. The number of aromatic hydroxyl groups is 2. The van der Waals surface area contributed by atoms with Crippen LogP contribution in [0.5, 0.6) is 11.5 Å². The molecule has 0 heterocycles. The van der Waals surface area contributed by atoms with Crippen LogP contribution in [0.3, 0.4) is 0 Å². The number of phenols is 2. The van der Waals surface area contributed by atoms with Gasteiger partial charge in [-0.2, -0.15) is 0 Å². The number of aryl methyl sites for hydroxylation is 1. The zero-order chi connectivity index (χ0) is 15.1. The van der Waals surface area contributed by atoms with Gasteiger partial charge in [0.1, 0.15) is 6.04 Å². The van der Waals surface area contributed by atoms with Gasteiger partial charge in [-0.3, -0.25) is 4.79 Å². The Morgan fingerprint density at radius 3 is 2.60 bits per heavy atom. The molecular formula is C15H23NO4. The van der Waals surface area contributed by atoms with E-state index in [4.69, 9.17) is 5.73 Å². The number of nitrogens with two attached hydrogens (primary N) is 1. The summed E-state index contributed by atoms with van der Waals surface area (Å²) in [5, 5.41) is 18.7. The Labute approximate surface area is 119 Å². The number of carbonyl (C=O) groups is 1. The Hall–Kier alpha value is -1.75. The third-order valence-electron chi connectivity index (χ3n) is 3.55. The molecule has 0 fully saturated rings. The fourth-order valence-electron chi connectivity index (χ4n) is 2.19. The van der Waals surface area contributed by atoms with Crippen molar-refractivity contribution >= 4 is 5.97 Å². The highest BCUT2D eigenvalue weighted by Gasteiger charge is 2.19. The second-order valence-corrected chi connectivity index (χ2v) is 5.00. The van der Waals surface area contributed by atoms with Gasteiger partial charge in [0, 0.05) is 0 Å². The molecule has 0 saturated carbocycles. The molecule has 20 heavy (non-hydrogen) atoms. The van der Waals surface area contributed by atoms with Crippen molar-refractivity contribution in [3.8, 4) is 11.5 Å². The highest BCUT2D eigenvalue weighted by molar-refractivity contribution is 5.75. The number of hydrogen-bond donors (Lipinski definition) is 3. The summed E-state index contributed by atoms with van der Waals surface area (Å²) in [7, 11) is 1.34. The second-order valence-electron chi connectivity index (χ2n) is 5.00. The lowest BCUT2D eigenvalue weighted by Crippen LogP contribution is -2.33. The molecule has 0 amide bonds. The molecule has 0 aromatic heterocycles. The number of benzene rings is 1. The van der Waals surface area contributed by atoms with Crippen LogP contribution in [-0.4, -0.2) is 29.3 Å². The van der Waals surface area contributed by atoms with Crippen molar-refractivity contribution < 1.29 is 19.7 Å². The molecule has 0 aliphatic heterocycles. The van der Waals surface area contributed by atoms with Crippen LogP contribution in [0, 0.1) is 5.92 Å². The standard InChI is InChI=1S/C15H23NO4/c1-3-10(8-12(16)15(19)20-2)4-5-11-6-7-13(17)14(18)9-11/h6-7,9-10,12,17-18H,3-5,8,16H2,1-2H3. The summed E-state index contributed by atoms with van der Waals surface area (Å²) in [6.07, 6.45) is 3.15. The number of hydrogen-bond acceptors (Lipinski definition) is 5. The summed E-state index contributed by atoms with van der Waals surface area (Å²) in [6, 6.07) is 4.23. The highest BCUT2D eigenvalue weighted by Crippen LogP contribution is 2.26. The molecule has 1 aromatic carbocycles. The minimum Gasteiger partial charge on any atom is -0.504 e. The van der Waals surface area contributed by atoms with Gasteiger partial charge in [0.05, 0.1) is 7.11 Å². The SMILES string of the molecule is CCC(CCc1ccc(O)c(O)c1)CC(N)C(=O)OC. The summed E-state index contributed by atoms with van der Waals surface area (Å²) in [6.45, 7) is 2.06. The number of ether oxygens (including phenoxy) is 1. The van der Waals surface area contributed by atoms with E-state index in [0.717, 1.165) is 24.8 Å². The predicted octanol–water partition coefficient (Wildman–Crippen LogP) is 1.95. The van der Waals surface area contributed by atoms with E-state index in [1.807, 2.05) is 0 Å². The summed E-state index contributed by atoms with van der Waals surface area (Å²) >= 11 is 0. The van der Waals surface area contributed by atoms with Gasteiger partial charge in [0.25, 0.3) is 0 Å². The maximum atomic E-state index is 11.3. The van der Waals surface area contributed by atoms with Gasteiger partial charge in [-0.05, 0) is 42.9 Å². The largest absolute Gasteiger partial charge is 0.504 e. The van der Waals surface area contributed by atoms with Crippen LogP contribution in [-0.2, 0) is 16.0 Å². The van der Waals surface area contributed by atoms with E-state index in [9.17, 15) is 15.0 Å². The average Bonchev–Trinajstić information content (AvgIpc) is 2.45. The molecule has 0 aliphatic rings. The lowest BCUT2D eigenvalue weighted by molar-refractivity contribution is -0.142. The van der Waals surface area contributed by atoms with Crippen LogP contribution in [0.15, 0.2) is 18.2 Å². The Kier molecular flexibility index (Phi) is 6.31. The molecule has 4 N–H and O–H groups in total. The first-order valence-corrected chi connectivity index (χ1v) is 6.82. The maximum absolute atomic E-state index is 11.3. The van der Waals surface area contributed by atoms with E-state index in [0.29, 0.717) is 12.3 Å². The fraction of sp³-hybridized carbons (Fsp3) is 0.533. The van der Waals surface area contributed by atoms with E-state index in [2.05, 4.69) is 11.7 Å². The zero-order valence-corrected chi connectivity index (χ0v) is 12.0. The van der Waals surface area contributed by atoms with Crippen molar-refractivity contribution in [2.45, 2.75) is 38.6 Å². The fourth-order valence-corrected chi connectivity index (χ4v) is 2.19. The molecule has 0 saturated heterocycles. The minimum absolute atomic E-state index is 0.109. The maximum Gasteiger partial charge on any atom is 0.322 e. The van der Waals surface area contributed by atoms with Crippen molar-refractivity contribution in [3.05, 3.63) is 23.8 Å². The molecule has 0 spiro atoms. The summed E-state index contributed by atoms with van der Waals surface area (Å²) in [4.78, 5) is 11.3. The molecule has 2 atom stereocenters. The van der Waals surface area contributed by atoms with E-state index in [-0.39, 0.29) is 17.5 Å². The molecule has 0 aliphatic carbocycles. The van der Waals surface area contributed by atoms with Gasteiger partial charge in [0.15, 0.2) is 11.5 Å². The van der Waals surface area contributed by atoms with Gasteiger partial charge in [-0.25, -0.2) is 0 Å². The first-order chi connectivity index (χ1) is 9.47. The van der Waals surface area contributed by atoms with Gasteiger partial charge >= 0.3 is 5.97 Å². The van der Waals surface area contributed by atoms with E-state index in [1.165, 1.54) is 13.2 Å². The Balaban J connectivity index is 2.52. The van der Waals surface area contributed by atoms with Crippen molar-refractivity contribution in [2.24, 2.45) is 11.7 Å². The molecule has 112 valence electrons. The van der Waals surface area contributed by atoms with Crippen molar-refractivity contribution in [1.29, 1.82) is 0 Å². The van der Waals surface area contributed by atoms with Crippen LogP contribution < -0.4 is 5.73 Å². The van der Waals surface area contributed by atoms with Gasteiger partial charge in [0.2, 0.25) is 0 Å². The van der Waals surface area contributed by atoms with Crippen molar-refractivity contribution in [3.63, 3.8) is 0 Å². The average molecular weight is 281 g/mol. The lowest BCUT2D eigenvalue weighted by atomic mass is 9.91. The third-order valence-corrected chi connectivity index (χ3v) is 3.55. The minimum atomic E-state index is -0.585. The van der Waals surface area contributed by atoms with Crippen LogP contribution in [0.1, 0.15) is 31.7 Å². The van der Waals surface area contributed by atoms with Crippen LogP contribution in [0.2, 0.25) is 0 Å². The molecule has 5 nitrogen and oxygen atoms in total. The van der Waals surface area contributed by atoms with Gasteiger partial charge in [-0.1, -0.05) is 19.4 Å². The summed E-state index contributed by atoms with van der Waals surface area (Å²) in [5.74, 6) is -0.291. The Bertz CT molecular complexity index is 447. The van der Waals surface area contributed by atoms with E-state index < -0.39 is 6.04 Å². The molecular weight excluding hydrogens is 258 g/mol. The van der Waals surface area contributed by atoms with Crippen LogP contribution in [0.25, 0.3) is 0 Å². The van der Waals surface area contributed by atoms with Crippen LogP contribution in [0.4, 0.5) is 0 Å². The predicted molar refractivity (Wildman–Crippen MR) is 76.5 cm³/mol. The van der Waals surface area contributed by atoms with E-state index in [1.54, 1.807) is 12.1 Å². The Morgan fingerprint density at radius 2 is 2.05 bits per heavy atom. The number of carbonyl (C=O) groups excluding carboxylic acids is 1. The monoisotopic (exact) mass is 281 g/mol. The quantitative estimate of drug-likeness (QED) is 0.524. The number of methoxy groups -OCH3 is 1. The summed E-state index contributed by atoms with van der Waals surface area (Å²) < 4.78 is 4.62. The molecule has 5 heteroatoms. The third kappa shape index (κ3) is 4.74.